The van der Waals surface area contributed by atoms with Crippen molar-refractivity contribution >= 4 is 17.7 Å². The lowest BCUT2D eigenvalue weighted by molar-refractivity contribution is -0.386. The van der Waals surface area contributed by atoms with E-state index in [0.29, 0.717) is 6.42 Å². The molecule has 0 spiro atoms. The fourth-order valence-corrected chi connectivity index (χ4v) is 2.42. The summed E-state index contributed by atoms with van der Waals surface area (Å²) in [6, 6.07) is 2.64. The smallest absolute Gasteiger partial charge is 0.407 e. The van der Waals surface area contributed by atoms with E-state index in [1.165, 1.54) is 33.3 Å². The third-order valence-electron chi connectivity index (χ3n) is 3.70. The number of nitro benzene ring substituents is 1. The average molecular weight is 412 g/mol. The second-order valence-electron chi connectivity index (χ2n) is 7.19. The number of hydrogen-bond donors (Lipinski definition) is 1. The van der Waals surface area contributed by atoms with Crippen LogP contribution in [0.4, 0.5) is 10.5 Å². The Morgan fingerprint density at radius 1 is 1.17 bits per heavy atom. The molecule has 0 aliphatic carbocycles. The topological polar surface area (TPSA) is 126 Å². The zero-order chi connectivity index (χ0) is 22.2. The van der Waals surface area contributed by atoms with Gasteiger partial charge in [-0.1, -0.05) is 0 Å². The van der Waals surface area contributed by atoms with E-state index in [1.54, 1.807) is 20.8 Å². The third-order valence-corrected chi connectivity index (χ3v) is 3.70. The molecule has 0 saturated carbocycles. The number of amides is 1. The summed E-state index contributed by atoms with van der Waals surface area (Å²) < 4.78 is 20.6. The average Bonchev–Trinajstić information content (AvgIpc) is 2.62. The number of methoxy groups -OCH3 is 2. The van der Waals surface area contributed by atoms with Crippen LogP contribution in [-0.2, 0) is 14.3 Å². The highest BCUT2D eigenvalue weighted by molar-refractivity contribution is 5.70. The molecule has 0 saturated heterocycles. The molecule has 0 radical (unpaired) electrons. The summed E-state index contributed by atoms with van der Waals surface area (Å²) in [6.45, 7) is 7.01. The number of rotatable bonds is 9. The van der Waals surface area contributed by atoms with Gasteiger partial charge in [-0.05, 0) is 40.2 Å². The highest BCUT2D eigenvalue weighted by Crippen LogP contribution is 2.38. The normalized spacial score (nSPS) is 11.9. The molecule has 0 fully saturated rings. The maximum absolute atomic E-state index is 12.1. The molecule has 1 aromatic carbocycles. The number of nitrogens with one attached hydrogen (secondary N) is 1. The van der Waals surface area contributed by atoms with Gasteiger partial charge in [0.15, 0.2) is 11.5 Å². The van der Waals surface area contributed by atoms with Crippen LogP contribution in [-0.4, -0.2) is 43.4 Å². The first-order valence-corrected chi connectivity index (χ1v) is 9.05. The summed E-state index contributed by atoms with van der Waals surface area (Å²) in [5.41, 5.74) is -0.658. The predicted octanol–water partition coefficient (Wildman–Crippen LogP) is 3.52. The zero-order valence-corrected chi connectivity index (χ0v) is 17.6. The molecule has 1 N–H and O–H groups in total. The SMILES string of the molecule is COc1cc(C(C)OC(=O)CCCNC(=O)OC(C)(C)C)c([N+](=O)[O-])cc1OC. The molecule has 162 valence electrons. The molecule has 0 heterocycles. The van der Waals surface area contributed by atoms with Crippen molar-refractivity contribution in [2.75, 3.05) is 20.8 Å². The number of alkyl carbamates (subject to hydrolysis) is 1. The second-order valence-corrected chi connectivity index (χ2v) is 7.19. The molecular weight excluding hydrogens is 384 g/mol. The first-order valence-electron chi connectivity index (χ1n) is 9.05. The summed E-state index contributed by atoms with van der Waals surface area (Å²) in [5, 5.41) is 13.9. The monoisotopic (exact) mass is 412 g/mol. The molecule has 1 aromatic rings. The molecule has 0 aliphatic rings. The molecule has 0 aliphatic heterocycles. The summed E-state index contributed by atoms with van der Waals surface area (Å²) in [7, 11) is 2.78. The van der Waals surface area contributed by atoms with Gasteiger partial charge in [-0.25, -0.2) is 4.79 Å². The van der Waals surface area contributed by atoms with E-state index in [-0.39, 0.29) is 35.7 Å². The Hall–Kier alpha value is -3.04. The van der Waals surface area contributed by atoms with Gasteiger partial charge in [-0.3, -0.25) is 14.9 Å². The molecule has 0 aromatic heterocycles. The number of nitro groups is 1. The maximum atomic E-state index is 12.1. The minimum Gasteiger partial charge on any atom is -0.493 e. The van der Waals surface area contributed by atoms with Crippen molar-refractivity contribution in [2.45, 2.75) is 52.2 Å². The minimum absolute atomic E-state index is 0.0290. The Morgan fingerprint density at radius 2 is 1.76 bits per heavy atom. The molecule has 29 heavy (non-hydrogen) atoms. The zero-order valence-electron chi connectivity index (χ0n) is 17.6. The number of hydrogen-bond acceptors (Lipinski definition) is 8. The fourth-order valence-electron chi connectivity index (χ4n) is 2.42. The van der Waals surface area contributed by atoms with Crippen LogP contribution in [0.25, 0.3) is 0 Å². The summed E-state index contributed by atoms with van der Waals surface area (Å²) in [6.07, 6.45) is -1.08. The standard InChI is InChI=1S/C19H28N2O8/c1-12(13-10-15(26-5)16(27-6)11-14(13)21(24)25)28-17(22)8-7-9-20-18(23)29-19(2,3)4/h10-12H,7-9H2,1-6H3,(H,20,23). The first kappa shape index (κ1) is 24.0. The lowest BCUT2D eigenvalue weighted by atomic mass is 10.1. The number of esters is 1. The second kappa shape index (κ2) is 10.5. The minimum atomic E-state index is -0.874. The van der Waals surface area contributed by atoms with Gasteiger partial charge in [0, 0.05) is 13.0 Å². The Kier molecular flexibility index (Phi) is 8.68. The highest BCUT2D eigenvalue weighted by atomic mass is 16.6. The van der Waals surface area contributed by atoms with Crippen molar-refractivity contribution in [3.8, 4) is 11.5 Å². The third kappa shape index (κ3) is 7.84. The van der Waals surface area contributed by atoms with Crippen LogP contribution < -0.4 is 14.8 Å². The number of benzene rings is 1. The van der Waals surface area contributed by atoms with E-state index in [1.807, 2.05) is 0 Å². The van der Waals surface area contributed by atoms with E-state index >= 15 is 0 Å². The van der Waals surface area contributed by atoms with Gasteiger partial charge >= 0.3 is 12.1 Å². The van der Waals surface area contributed by atoms with Crippen LogP contribution in [0.3, 0.4) is 0 Å². The van der Waals surface area contributed by atoms with Crippen molar-refractivity contribution in [3.63, 3.8) is 0 Å². The van der Waals surface area contributed by atoms with Gasteiger partial charge in [0.2, 0.25) is 0 Å². The highest BCUT2D eigenvalue weighted by Gasteiger charge is 2.25. The van der Waals surface area contributed by atoms with Gasteiger partial charge in [0.25, 0.3) is 5.69 Å². The number of nitrogens with zero attached hydrogens (tertiary/aromatic N) is 1. The summed E-state index contributed by atoms with van der Waals surface area (Å²) in [4.78, 5) is 34.4. The van der Waals surface area contributed by atoms with Crippen LogP contribution in [0.5, 0.6) is 11.5 Å². The predicted molar refractivity (Wildman–Crippen MR) is 104 cm³/mol. The van der Waals surface area contributed by atoms with E-state index in [4.69, 9.17) is 18.9 Å². The molecule has 10 nitrogen and oxygen atoms in total. The number of carbonyl (C=O) groups excluding carboxylic acids is 2. The van der Waals surface area contributed by atoms with Crippen molar-refractivity contribution < 1.29 is 33.5 Å². The maximum Gasteiger partial charge on any atom is 0.407 e. The molecular formula is C19H28N2O8. The summed E-state index contributed by atoms with van der Waals surface area (Å²) >= 11 is 0. The van der Waals surface area contributed by atoms with E-state index < -0.39 is 28.7 Å². The van der Waals surface area contributed by atoms with Crippen LogP contribution >= 0.6 is 0 Å². The quantitative estimate of drug-likeness (QED) is 0.282. The van der Waals surface area contributed by atoms with Gasteiger partial charge in [-0.2, -0.15) is 0 Å². The van der Waals surface area contributed by atoms with E-state index in [2.05, 4.69) is 5.32 Å². The molecule has 1 atom stereocenters. The van der Waals surface area contributed by atoms with Crippen molar-refractivity contribution in [1.82, 2.24) is 5.32 Å². The lowest BCUT2D eigenvalue weighted by Crippen LogP contribution is -2.33. The van der Waals surface area contributed by atoms with Gasteiger partial charge in [0.05, 0.1) is 30.8 Å². The number of carbonyl (C=O) groups is 2. The van der Waals surface area contributed by atoms with E-state index in [0.717, 1.165) is 0 Å². The fraction of sp³-hybridized carbons (Fsp3) is 0.579. The van der Waals surface area contributed by atoms with Crippen LogP contribution in [0.1, 0.15) is 52.2 Å². The Labute approximate surface area is 169 Å². The molecule has 1 rings (SSSR count). The van der Waals surface area contributed by atoms with Crippen molar-refractivity contribution in [3.05, 3.63) is 27.8 Å². The largest absolute Gasteiger partial charge is 0.493 e. The van der Waals surface area contributed by atoms with Gasteiger partial charge < -0.3 is 24.3 Å². The van der Waals surface area contributed by atoms with Crippen LogP contribution in [0.15, 0.2) is 12.1 Å². The Morgan fingerprint density at radius 3 is 2.28 bits per heavy atom. The van der Waals surface area contributed by atoms with Gasteiger partial charge in [0.1, 0.15) is 11.7 Å². The van der Waals surface area contributed by atoms with Crippen molar-refractivity contribution in [2.24, 2.45) is 0 Å². The van der Waals surface area contributed by atoms with Crippen LogP contribution in [0, 0.1) is 10.1 Å². The molecule has 1 unspecified atom stereocenters. The number of ether oxygens (including phenoxy) is 4. The van der Waals surface area contributed by atoms with Crippen molar-refractivity contribution in [1.29, 1.82) is 0 Å². The first-order chi connectivity index (χ1) is 13.5. The molecule has 10 heteroatoms. The van der Waals surface area contributed by atoms with Crippen LogP contribution in [0.2, 0.25) is 0 Å². The van der Waals surface area contributed by atoms with E-state index in [9.17, 15) is 19.7 Å². The molecule has 0 bridgehead atoms. The van der Waals surface area contributed by atoms with Gasteiger partial charge in [-0.15, -0.1) is 0 Å². The summed E-state index contributed by atoms with van der Waals surface area (Å²) in [5.74, 6) is -0.0557. The Bertz CT molecular complexity index is 742. The Balaban J connectivity index is 2.67. The molecule has 1 amide bonds. The lowest BCUT2D eigenvalue weighted by Gasteiger charge is -2.19.